The largest absolute Gasteiger partial charge is 0.507 e. The topological polar surface area (TPSA) is 85.2 Å². The summed E-state index contributed by atoms with van der Waals surface area (Å²) in [6, 6.07) is 4.16. The van der Waals surface area contributed by atoms with E-state index in [1.807, 2.05) is 0 Å². The molecule has 4 nitrogen and oxygen atoms in total. The van der Waals surface area contributed by atoms with E-state index in [1.54, 1.807) is 0 Å². The van der Waals surface area contributed by atoms with E-state index < -0.39 is 5.97 Å². The van der Waals surface area contributed by atoms with Crippen molar-refractivity contribution in [2.24, 2.45) is 0 Å². The summed E-state index contributed by atoms with van der Waals surface area (Å²) in [6.45, 7) is 0. The molecule has 0 spiro atoms. The third-order valence-electron chi connectivity index (χ3n) is 1.29. The highest BCUT2D eigenvalue weighted by atomic mass is 16.4. The van der Waals surface area contributed by atoms with Crippen LogP contribution in [0.2, 0.25) is 0 Å². The van der Waals surface area contributed by atoms with E-state index in [0.29, 0.717) is 5.69 Å². The number of hydrogen-bond acceptors (Lipinski definition) is 2. The SMILES string of the molecule is [NH3+]c1ccc(C(=O)O)c(O)c1. The molecule has 0 saturated carbocycles. The van der Waals surface area contributed by atoms with Gasteiger partial charge in [0.1, 0.15) is 17.0 Å². The van der Waals surface area contributed by atoms with Gasteiger partial charge in [0.05, 0.1) is 0 Å². The van der Waals surface area contributed by atoms with Gasteiger partial charge in [0.15, 0.2) is 0 Å². The van der Waals surface area contributed by atoms with E-state index >= 15 is 0 Å². The van der Waals surface area contributed by atoms with Gasteiger partial charge in [0.2, 0.25) is 0 Å². The molecule has 0 radical (unpaired) electrons. The number of aromatic carboxylic acids is 1. The van der Waals surface area contributed by atoms with Crippen molar-refractivity contribution >= 4 is 11.7 Å². The number of aromatic hydroxyl groups is 1. The fourth-order valence-corrected chi connectivity index (χ4v) is 0.758. The molecule has 0 aliphatic rings. The fraction of sp³-hybridized carbons (Fsp3) is 0. The Labute approximate surface area is 62.9 Å². The molecule has 0 heterocycles. The van der Waals surface area contributed by atoms with Gasteiger partial charge in [-0.2, -0.15) is 0 Å². The lowest BCUT2D eigenvalue weighted by Gasteiger charge is -1.96. The molecule has 58 valence electrons. The third kappa shape index (κ3) is 1.47. The molecule has 0 aliphatic carbocycles. The molecule has 0 saturated heterocycles. The number of phenols is 1. The number of quaternary nitrogens is 1. The summed E-state index contributed by atoms with van der Waals surface area (Å²) >= 11 is 0. The molecule has 0 atom stereocenters. The van der Waals surface area contributed by atoms with Crippen molar-refractivity contribution in [1.82, 2.24) is 0 Å². The van der Waals surface area contributed by atoms with Crippen LogP contribution in [0.1, 0.15) is 10.4 Å². The zero-order valence-corrected chi connectivity index (χ0v) is 5.74. The molecule has 1 aromatic rings. The van der Waals surface area contributed by atoms with Gasteiger partial charge in [-0.3, -0.25) is 0 Å². The van der Waals surface area contributed by atoms with Gasteiger partial charge < -0.3 is 15.9 Å². The van der Waals surface area contributed by atoms with Crippen LogP contribution < -0.4 is 5.73 Å². The summed E-state index contributed by atoms with van der Waals surface area (Å²) < 4.78 is 0. The van der Waals surface area contributed by atoms with Gasteiger partial charge in [0, 0.05) is 12.1 Å². The number of rotatable bonds is 1. The van der Waals surface area contributed by atoms with Crippen LogP contribution in [0.3, 0.4) is 0 Å². The van der Waals surface area contributed by atoms with Gasteiger partial charge in [-0.05, 0) is 6.07 Å². The maximum atomic E-state index is 10.4. The highest BCUT2D eigenvalue weighted by Gasteiger charge is 2.08. The van der Waals surface area contributed by atoms with E-state index in [0.717, 1.165) is 0 Å². The zero-order valence-electron chi connectivity index (χ0n) is 5.74. The first kappa shape index (κ1) is 7.56. The second-order valence-electron chi connectivity index (χ2n) is 2.16. The van der Waals surface area contributed by atoms with E-state index in [1.165, 1.54) is 18.2 Å². The van der Waals surface area contributed by atoms with Crippen LogP contribution in [0.4, 0.5) is 5.69 Å². The second-order valence-corrected chi connectivity index (χ2v) is 2.16. The van der Waals surface area contributed by atoms with E-state index in [2.05, 4.69) is 5.73 Å². The molecule has 0 unspecified atom stereocenters. The lowest BCUT2D eigenvalue weighted by Crippen LogP contribution is -2.39. The molecule has 4 heteroatoms. The molecular formula is C7H8NO3+. The summed E-state index contributed by atoms with van der Waals surface area (Å²) in [5.41, 5.74) is 4.02. The number of benzene rings is 1. The lowest BCUT2D eigenvalue weighted by molar-refractivity contribution is -0.254. The lowest BCUT2D eigenvalue weighted by atomic mass is 10.2. The maximum absolute atomic E-state index is 10.4. The van der Waals surface area contributed by atoms with Crippen molar-refractivity contribution in [3.8, 4) is 5.75 Å². The summed E-state index contributed by atoms with van der Waals surface area (Å²) in [4.78, 5) is 10.4. The molecule has 0 aliphatic heterocycles. The molecule has 5 N–H and O–H groups in total. The fourth-order valence-electron chi connectivity index (χ4n) is 0.758. The Kier molecular flexibility index (Phi) is 1.78. The van der Waals surface area contributed by atoms with Crippen molar-refractivity contribution in [2.45, 2.75) is 0 Å². The summed E-state index contributed by atoms with van der Waals surface area (Å²) in [5.74, 6) is -1.38. The van der Waals surface area contributed by atoms with Gasteiger partial charge in [-0.1, -0.05) is 0 Å². The summed E-state index contributed by atoms with van der Waals surface area (Å²) in [6.07, 6.45) is 0. The first-order valence-electron chi connectivity index (χ1n) is 2.99. The van der Waals surface area contributed by atoms with Crippen LogP contribution in [-0.4, -0.2) is 16.2 Å². The normalized spacial score (nSPS) is 9.55. The summed E-state index contributed by atoms with van der Waals surface area (Å²) in [5, 5.41) is 17.5. The van der Waals surface area contributed by atoms with Crippen molar-refractivity contribution < 1.29 is 20.7 Å². The van der Waals surface area contributed by atoms with Crippen LogP contribution in [-0.2, 0) is 0 Å². The Hall–Kier alpha value is -1.55. The minimum absolute atomic E-state index is 0.0996. The predicted molar refractivity (Wildman–Crippen MR) is 37.6 cm³/mol. The molecule has 0 amide bonds. The maximum Gasteiger partial charge on any atom is 0.339 e. The highest BCUT2D eigenvalue weighted by molar-refractivity contribution is 5.91. The molecule has 0 aromatic heterocycles. The second kappa shape index (κ2) is 2.59. The minimum Gasteiger partial charge on any atom is -0.507 e. The van der Waals surface area contributed by atoms with E-state index in [-0.39, 0.29) is 11.3 Å². The van der Waals surface area contributed by atoms with Gasteiger partial charge in [0.25, 0.3) is 0 Å². The van der Waals surface area contributed by atoms with Crippen LogP contribution in [0.25, 0.3) is 0 Å². The zero-order chi connectivity index (χ0) is 8.43. The smallest absolute Gasteiger partial charge is 0.339 e. The standard InChI is InChI=1S/C7H7NO3/c8-4-1-2-5(7(10)11)6(9)3-4/h1-3,9H,8H2,(H,10,11)/p+1. The monoisotopic (exact) mass is 154 g/mol. The molecule has 11 heavy (non-hydrogen) atoms. The number of carboxylic acid groups (broad SMARTS) is 1. The van der Waals surface area contributed by atoms with Gasteiger partial charge in [-0.15, -0.1) is 0 Å². The van der Waals surface area contributed by atoms with Gasteiger partial charge >= 0.3 is 5.97 Å². The molecule has 1 aromatic carbocycles. The Balaban J connectivity index is 3.20. The van der Waals surface area contributed by atoms with Crippen LogP contribution in [0.5, 0.6) is 5.75 Å². The Morgan fingerprint density at radius 2 is 2.09 bits per heavy atom. The highest BCUT2D eigenvalue weighted by Crippen LogP contribution is 2.18. The third-order valence-corrected chi connectivity index (χ3v) is 1.29. The van der Waals surface area contributed by atoms with Crippen molar-refractivity contribution in [1.29, 1.82) is 0 Å². The van der Waals surface area contributed by atoms with Crippen LogP contribution >= 0.6 is 0 Å². The predicted octanol–water partition coefficient (Wildman–Crippen LogP) is -0.0362. The Morgan fingerprint density at radius 3 is 2.55 bits per heavy atom. The molecule has 1 rings (SSSR count). The number of hydrogen-bond donors (Lipinski definition) is 3. The Bertz CT molecular complexity index is 296. The molecular weight excluding hydrogens is 146 g/mol. The molecule has 0 bridgehead atoms. The van der Waals surface area contributed by atoms with Crippen molar-refractivity contribution in [3.63, 3.8) is 0 Å². The van der Waals surface area contributed by atoms with Gasteiger partial charge in [-0.25, -0.2) is 4.79 Å². The average molecular weight is 154 g/mol. The van der Waals surface area contributed by atoms with Crippen LogP contribution in [0, 0.1) is 0 Å². The Morgan fingerprint density at radius 1 is 1.45 bits per heavy atom. The van der Waals surface area contributed by atoms with Crippen molar-refractivity contribution in [3.05, 3.63) is 23.8 Å². The van der Waals surface area contributed by atoms with Crippen molar-refractivity contribution in [2.75, 3.05) is 0 Å². The molecule has 0 fully saturated rings. The average Bonchev–Trinajstić information content (AvgIpc) is 1.85. The summed E-state index contributed by atoms with van der Waals surface area (Å²) in [7, 11) is 0. The number of carbonyl (C=O) groups is 1. The first-order chi connectivity index (χ1) is 5.11. The van der Waals surface area contributed by atoms with E-state index in [4.69, 9.17) is 10.2 Å². The first-order valence-corrected chi connectivity index (χ1v) is 2.99. The minimum atomic E-state index is -1.14. The van der Waals surface area contributed by atoms with E-state index in [9.17, 15) is 4.79 Å². The number of carboxylic acids is 1. The quantitative estimate of drug-likeness (QED) is 0.530. The van der Waals surface area contributed by atoms with Crippen LogP contribution in [0.15, 0.2) is 18.2 Å².